The van der Waals surface area contributed by atoms with Crippen LogP contribution >= 0.6 is 27.5 Å². The van der Waals surface area contributed by atoms with Crippen LogP contribution in [0.25, 0.3) is 0 Å². The molecule has 0 fully saturated rings. The van der Waals surface area contributed by atoms with E-state index in [0.717, 1.165) is 0 Å². The fourth-order valence-electron chi connectivity index (χ4n) is 1.06. The lowest BCUT2D eigenvalue weighted by molar-refractivity contribution is 0.301. The second-order valence-electron chi connectivity index (χ2n) is 2.81. The molecule has 1 heterocycles. The van der Waals surface area contributed by atoms with Crippen molar-refractivity contribution in [1.82, 2.24) is 4.98 Å². The van der Waals surface area contributed by atoms with Crippen LogP contribution in [0.3, 0.4) is 0 Å². The van der Waals surface area contributed by atoms with Crippen molar-refractivity contribution in [3.63, 3.8) is 0 Å². The van der Waals surface area contributed by atoms with E-state index in [1.54, 1.807) is 12.1 Å². The molecule has 0 bridgehead atoms. The Labute approximate surface area is 100 Å². The first-order valence-corrected chi connectivity index (χ1v) is 5.40. The molecule has 2 aromatic rings. The molecule has 0 amide bonds. The van der Waals surface area contributed by atoms with E-state index in [1.807, 2.05) is 12.1 Å². The van der Waals surface area contributed by atoms with E-state index in [1.165, 1.54) is 6.26 Å². The van der Waals surface area contributed by atoms with Gasteiger partial charge in [-0.15, -0.1) is 0 Å². The molecule has 1 aromatic carbocycles. The van der Waals surface area contributed by atoms with Crippen LogP contribution in [-0.2, 0) is 6.61 Å². The fourth-order valence-corrected chi connectivity index (χ4v) is 1.57. The van der Waals surface area contributed by atoms with Crippen molar-refractivity contribution in [1.29, 1.82) is 0 Å². The number of oxazole rings is 1. The summed E-state index contributed by atoms with van der Waals surface area (Å²) in [6.07, 6.45) is 1.53. The molecule has 0 unspecified atom stereocenters. The highest BCUT2D eigenvalue weighted by atomic mass is 79.9. The molecule has 0 spiro atoms. The average Bonchev–Trinajstić information content (AvgIpc) is 2.63. The number of ether oxygens (including phenoxy) is 1. The van der Waals surface area contributed by atoms with Crippen LogP contribution in [-0.4, -0.2) is 4.98 Å². The van der Waals surface area contributed by atoms with Crippen molar-refractivity contribution in [2.45, 2.75) is 6.61 Å². The maximum Gasteiger partial charge on any atom is 0.264 e. The molecule has 5 heteroatoms. The van der Waals surface area contributed by atoms with Gasteiger partial charge < -0.3 is 9.15 Å². The molecule has 3 nitrogen and oxygen atoms in total. The number of aromatic nitrogens is 1. The highest BCUT2D eigenvalue weighted by molar-refractivity contribution is 9.10. The van der Waals surface area contributed by atoms with Gasteiger partial charge in [-0.05, 0) is 12.1 Å². The summed E-state index contributed by atoms with van der Waals surface area (Å²) in [5.74, 6) is 0.637. The minimum Gasteiger partial charge on any atom is -0.486 e. The predicted octanol–water partition coefficient (Wildman–Crippen LogP) is 3.67. The van der Waals surface area contributed by atoms with Gasteiger partial charge in [-0.25, -0.2) is 4.98 Å². The van der Waals surface area contributed by atoms with Gasteiger partial charge in [0.1, 0.15) is 24.3 Å². The van der Waals surface area contributed by atoms with Crippen LogP contribution in [0, 0.1) is 0 Å². The summed E-state index contributed by atoms with van der Waals surface area (Å²) < 4.78 is 10.4. The summed E-state index contributed by atoms with van der Waals surface area (Å²) >= 11 is 9.03. The van der Waals surface area contributed by atoms with Gasteiger partial charge >= 0.3 is 0 Å². The summed E-state index contributed by atoms with van der Waals surface area (Å²) in [7, 11) is 0. The maximum atomic E-state index is 5.92. The van der Waals surface area contributed by atoms with Crippen molar-refractivity contribution in [2.75, 3.05) is 0 Å². The van der Waals surface area contributed by atoms with Crippen LogP contribution in [0.5, 0.6) is 5.75 Å². The van der Waals surface area contributed by atoms with Gasteiger partial charge in [0.2, 0.25) is 0 Å². The van der Waals surface area contributed by atoms with E-state index in [2.05, 4.69) is 20.9 Å². The molecule has 0 radical (unpaired) electrons. The molecule has 1 aromatic heterocycles. The molecular formula is C10H7BrClNO2. The lowest BCUT2D eigenvalue weighted by Gasteiger charge is -2.04. The molecule has 0 aliphatic carbocycles. The average molecular weight is 289 g/mol. The van der Waals surface area contributed by atoms with Gasteiger partial charge in [0.05, 0.1) is 5.02 Å². The van der Waals surface area contributed by atoms with E-state index in [0.29, 0.717) is 27.9 Å². The lowest BCUT2D eigenvalue weighted by atomic mass is 10.3. The third-order valence-corrected chi connectivity index (χ3v) is 2.41. The molecular weight excluding hydrogens is 281 g/mol. The van der Waals surface area contributed by atoms with Gasteiger partial charge in [-0.2, -0.15) is 0 Å². The van der Waals surface area contributed by atoms with Crippen molar-refractivity contribution >= 4 is 27.5 Å². The normalized spacial score (nSPS) is 10.3. The van der Waals surface area contributed by atoms with Gasteiger partial charge in [-0.1, -0.05) is 23.7 Å². The number of rotatable bonds is 3. The summed E-state index contributed by atoms with van der Waals surface area (Å²) in [5.41, 5.74) is 0.710. The number of nitrogens with zero attached hydrogens (tertiary/aromatic N) is 1. The fraction of sp³-hybridized carbons (Fsp3) is 0.100. The second kappa shape index (κ2) is 4.68. The molecule has 0 aliphatic rings. The zero-order valence-corrected chi connectivity index (χ0v) is 9.96. The first kappa shape index (κ1) is 10.5. The van der Waals surface area contributed by atoms with Gasteiger partial charge in [0, 0.05) is 15.9 Å². The highest BCUT2D eigenvalue weighted by Crippen LogP contribution is 2.24. The van der Waals surface area contributed by atoms with Gasteiger partial charge in [-0.3, -0.25) is 0 Å². The third kappa shape index (κ3) is 2.73. The Kier molecular flexibility index (Phi) is 3.28. The van der Waals surface area contributed by atoms with Crippen LogP contribution in [0.15, 0.2) is 39.7 Å². The largest absolute Gasteiger partial charge is 0.486 e. The van der Waals surface area contributed by atoms with Crippen LogP contribution < -0.4 is 4.74 Å². The monoisotopic (exact) mass is 287 g/mol. The van der Waals surface area contributed by atoms with E-state index < -0.39 is 0 Å². The van der Waals surface area contributed by atoms with Crippen molar-refractivity contribution in [3.05, 3.63) is 46.0 Å². The number of hydrogen-bond donors (Lipinski definition) is 0. The number of benzene rings is 1. The summed E-state index contributed by atoms with van der Waals surface area (Å²) in [6.45, 7) is 0.332. The van der Waals surface area contributed by atoms with E-state index in [4.69, 9.17) is 20.8 Å². The molecule has 0 aliphatic heterocycles. The molecule has 2 rings (SSSR count). The smallest absolute Gasteiger partial charge is 0.264 e. The first-order valence-electron chi connectivity index (χ1n) is 4.23. The number of hydrogen-bond acceptors (Lipinski definition) is 3. The number of halogens is 2. The first-order chi connectivity index (χ1) is 7.25. The Hall–Kier alpha value is -1.00. The Morgan fingerprint density at radius 2 is 2.20 bits per heavy atom. The molecule has 78 valence electrons. The van der Waals surface area contributed by atoms with E-state index in [9.17, 15) is 0 Å². The van der Waals surface area contributed by atoms with Crippen LogP contribution in [0.4, 0.5) is 0 Å². The second-order valence-corrected chi connectivity index (χ2v) is 3.90. The van der Waals surface area contributed by atoms with E-state index in [-0.39, 0.29) is 0 Å². The van der Waals surface area contributed by atoms with Crippen molar-refractivity contribution in [3.8, 4) is 5.75 Å². The zero-order valence-electron chi connectivity index (χ0n) is 7.61. The minimum atomic E-state index is 0.332. The quantitative estimate of drug-likeness (QED) is 0.864. The topological polar surface area (TPSA) is 35.3 Å². The maximum absolute atomic E-state index is 5.92. The Bertz CT molecular complexity index is 458. The van der Waals surface area contributed by atoms with Crippen molar-refractivity contribution < 1.29 is 9.15 Å². The molecule has 0 atom stereocenters. The molecule has 15 heavy (non-hydrogen) atoms. The highest BCUT2D eigenvalue weighted by Gasteiger charge is 2.03. The minimum absolute atomic E-state index is 0.332. The zero-order chi connectivity index (χ0) is 10.7. The Morgan fingerprint density at radius 3 is 2.87 bits per heavy atom. The summed E-state index contributed by atoms with van der Waals surface area (Å²) in [4.78, 5) is 4.48. The van der Waals surface area contributed by atoms with Crippen molar-refractivity contribution in [2.24, 2.45) is 0 Å². The van der Waals surface area contributed by atoms with Gasteiger partial charge in [0.15, 0.2) is 0 Å². The number of para-hydroxylation sites is 1. The predicted molar refractivity (Wildman–Crippen MR) is 60.0 cm³/mol. The summed E-state index contributed by atoms with van der Waals surface area (Å²) in [6, 6.07) is 7.29. The standard InChI is InChI=1S/C10H7BrClNO2/c11-10-13-7(6-15-10)5-14-9-4-2-1-3-8(9)12/h1-4,6H,5H2. The molecule has 0 N–H and O–H groups in total. The van der Waals surface area contributed by atoms with E-state index >= 15 is 0 Å². The van der Waals surface area contributed by atoms with Gasteiger partial charge in [0.25, 0.3) is 4.80 Å². The Morgan fingerprint density at radius 1 is 1.40 bits per heavy atom. The SMILES string of the molecule is Clc1ccccc1OCc1coc(Br)n1. The Balaban J connectivity index is 2.02. The molecule has 0 saturated heterocycles. The lowest BCUT2D eigenvalue weighted by Crippen LogP contribution is -1.95. The molecule has 0 saturated carbocycles. The van der Waals surface area contributed by atoms with Crippen LogP contribution in [0.1, 0.15) is 5.69 Å². The van der Waals surface area contributed by atoms with Crippen LogP contribution in [0.2, 0.25) is 5.02 Å². The summed E-state index contributed by atoms with van der Waals surface area (Å²) in [5, 5.41) is 0.583. The third-order valence-electron chi connectivity index (χ3n) is 1.74.